The molecule has 1 fully saturated rings. The van der Waals surface area contributed by atoms with Gasteiger partial charge in [-0.25, -0.2) is 4.79 Å². The average molecular weight is 383 g/mol. The highest BCUT2D eigenvalue weighted by Crippen LogP contribution is 2.44. The molecule has 0 saturated carbocycles. The second kappa shape index (κ2) is 6.68. The Balaban J connectivity index is 2.55. The molecule has 2 rings (SSSR count). The molecule has 0 spiro atoms. The van der Waals surface area contributed by atoms with Gasteiger partial charge in [0.2, 0.25) is 5.91 Å². The second-order valence-electron chi connectivity index (χ2n) is 6.30. The van der Waals surface area contributed by atoms with Gasteiger partial charge in [0.1, 0.15) is 10.6 Å². The summed E-state index contributed by atoms with van der Waals surface area (Å²) in [6, 6.07) is -1.99. The van der Waals surface area contributed by atoms with E-state index in [0.717, 1.165) is 0 Å². The van der Waals surface area contributed by atoms with Gasteiger partial charge in [0.05, 0.1) is 29.9 Å². The first-order valence-corrected chi connectivity index (χ1v) is 8.23. The molecule has 0 aromatic rings. The number of amides is 1. The van der Waals surface area contributed by atoms with Crippen molar-refractivity contribution >= 4 is 35.1 Å². The quantitative estimate of drug-likeness (QED) is 0.326. The van der Waals surface area contributed by atoms with E-state index >= 15 is 0 Å². The minimum Gasteiger partial charge on any atom is -0.512 e. The first-order chi connectivity index (χ1) is 11.0. The number of hydrogen-bond donors (Lipinski definition) is 5. The van der Waals surface area contributed by atoms with Crippen LogP contribution < -0.4 is 11.1 Å². The van der Waals surface area contributed by atoms with Crippen molar-refractivity contribution in [3.05, 3.63) is 11.3 Å². The predicted molar refractivity (Wildman–Crippen MR) is 85.3 cm³/mol. The number of hydrogen-bond acceptors (Lipinski definition) is 7. The Hall–Kier alpha value is -1.06. The number of carbonyl (C=O) groups excluding carboxylic acids is 2. The molecule has 6 N–H and O–H groups in total. The van der Waals surface area contributed by atoms with Crippen molar-refractivity contribution in [3.8, 4) is 0 Å². The molecular weight excluding hydrogens is 363 g/mol. The van der Waals surface area contributed by atoms with Gasteiger partial charge in [-0.3, -0.25) is 4.79 Å². The van der Waals surface area contributed by atoms with Crippen LogP contribution in [0.5, 0.6) is 0 Å². The van der Waals surface area contributed by atoms with Crippen molar-refractivity contribution in [1.29, 1.82) is 0 Å². The zero-order valence-electron chi connectivity index (χ0n) is 13.1. The lowest BCUT2D eigenvalue weighted by atomic mass is 9.71. The lowest BCUT2D eigenvalue weighted by Gasteiger charge is -2.50. The van der Waals surface area contributed by atoms with Crippen LogP contribution in [0.3, 0.4) is 0 Å². The molecule has 10 heteroatoms. The maximum atomic E-state index is 12.3. The monoisotopic (exact) mass is 382 g/mol. The van der Waals surface area contributed by atoms with Crippen molar-refractivity contribution in [2.45, 2.75) is 55.0 Å². The largest absolute Gasteiger partial charge is 0.512 e. The van der Waals surface area contributed by atoms with Gasteiger partial charge in [-0.1, -0.05) is 0 Å². The summed E-state index contributed by atoms with van der Waals surface area (Å²) in [7, 11) is 0. The highest BCUT2D eigenvalue weighted by molar-refractivity contribution is 6.45. The molecule has 0 radical (unpaired) electrons. The molecule has 6 atom stereocenters. The van der Waals surface area contributed by atoms with Crippen LogP contribution in [-0.2, 0) is 14.3 Å². The van der Waals surface area contributed by atoms with Crippen LogP contribution in [0.4, 0.5) is 0 Å². The topological polar surface area (TPSA) is 142 Å². The van der Waals surface area contributed by atoms with Crippen LogP contribution in [0.1, 0.15) is 20.3 Å². The summed E-state index contributed by atoms with van der Waals surface area (Å²) < 4.78 is 5.28. The van der Waals surface area contributed by atoms with Crippen LogP contribution in [0.25, 0.3) is 0 Å². The molecule has 1 aliphatic heterocycles. The number of nitrogens with one attached hydrogen (secondary N) is 1. The Morgan fingerprint density at radius 3 is 2.54 bits per heavy atom. The third-order valence-corrected chi connectivity index (χ3v) is 5.33. The molecule has 1 heterocycles. The molecule has 136 valence electrons. The third kappa shape index (κ3) is 3.09. The van der Waals surface area contributed by atoms with E-state index in [9.17, 15) is 24.9 Å². The lowest BCUT2D eigenvalue weighted by Crippen LogP contribution is -2.68. The van der Waals surface area contributed by atoms with Crippen LogP contribution in [0.15, 0.2) is 11.3 Å². The standard InChI is InChI=1S/C14H20Cl2N2O6/c1-4(17)11(22)18-10-8-7(5(19)3-6(20)9(8)21)12(23)24-14(10,2)13(15)16/h4,6,8-10,13,19-21H,3,17H2,1-2H3,(H,18,22)/t4?,6-,8+,9+,10-,14-/m0/s1. The van der Waals surface area contributed by atoms with Gasteiger partial charge in [0, 0.05) is 12.3 Å². The molecule has 24 heavy (non-hydrogen) atoms. The fraction of sp³-hybridized carbons (Fsp3) is 0.714. The van der Waals surface area contributed by atoms with E-state index in [1.807, 2.05) is 0 Å². The van der Waals surface area contributed by atoms with Gasteiger partial charge in [-0.15, -0.1) is 23.2 Å². The molecule has 1 saturated heterocycles. The summed E-state index contributed by atoms with van der Waals surface area (Å²) in [6.45, 7) is 2.84. The van der Waals surface area contributed by atoms with Crippen LogP contribution in [-0.4, -0.2) is 61.9 Å². The smallest absolute Gasteiger partial charge is 0.338 e. The highest BCUT2D eigenvalue weighted by Gasteiger charge is 2.59. The van der Waals surface area contributed by atoms with Gasteiger partial charge < -0.3 is 31.1 Å². The number of ether oxygens (including phenoxy) is 1. The number of rotatable bonds is 3. The average Bonchev–Trinajstić information content (AvgIpc) is 2.46. The molecule has 1 aliphatic carbocycles. The van der Waals surface area contributed by atoms with E-state index in [1.165, 1.54) is 13.8 Å². The first-order valence-electron chi connectivity index (χ1n) is 7.36. The maximum absolute atomic E-state index is 12.3. The molecule has 0 bridgehead atoms. The number of cyclic esters (lactones) is 1. The van der Waals surface area contributed by atoms with Crippen molar-refractivity contribution in [2.75, 3.05) is 0 Å². The second-order valence-corrected chi connectivity index (χ2v) is 7.39. The van der Waals surface area contributed by atoms with Crippen LogP contribution >= 0.6 is 23.2 Å². The minimum absolute atomic E-state index is 0.214. The van der Waals surface area contributed by atoms with Gasteiger partial charge in [0.15, 0.2) is 5.60 Å². The number of halogens is 2. The number of esters is 1. The summed E-state index contributed by atoms with van der Waals surface area (Å²) in [6.07, 6.45) is -3.07. The van der Waals surface area contributed by atoms with Crippen LogP contribution in [0.2, 0.25) is 0 Å². The molecule has 8 nitrogen and oxygen atoms in total. The molecule has 0 aromatic carbocycles. The zero-order chi connectivity index (χ0) is 18.4. The van der Waals surface area contributed by atoms with Crippen molar-refractivity contribution in [3.63, 3.8) is 0 Å². The van der Waals surface area contributed by atoms with Gasteiger partial charge in [0.25, 0.3) is 0 Å². The number of carbonyl (C=O) groups is 2. The number of aliphatic hydroxyl groups is 3. The van der Waals surface area contributed by atoms with Gasteiger partial charge >= 0.3 is 5.97 Å². The van der Waals surface area contributed by atoms with Gasteiger partial charge in [-0.2, -0.15) is 0 Å². The highest BCUT2D eigenvalue weighted by atomic mass is 35.5. The first kappa shape index (κ1) is 19.3. The Morgan fingerprint density at radius 2 is 2.04 bits per heavy atom. The maximum Gasteiger partial charge on any atom is 0.338 e. The van der Waals surface area contributed by atoms with Crippen LogP contribution in [0, 0.1) is 5.92 Å². The summed E-state index contributed by atoms with van der Waals surface area (Å²) in [5.74, 6) is -3.07. The SMILES string of the molecule is CC(N)C(=O)N[C@H]1[C@@H]2C(=C(O)C[C@H](O)[C@H]2O)C(=O)O[C@]1(C)C(Cl)Cl. The van der Waals surface area contributed by atoms with E-state index in [2.05, 4.69) is 5.32 Å². The normalized spacial score (nSPS) is 37.8. The predicted octanol–water partition coefficient (Wildman–Crippen LogP) is -0.509. The Bertz CT molecular complexity index is 582. The Labute approximate surface area is 148 Å². The summed E-state index contributed by atoms with van der Waals surface area (Å²) in [5.41, 5.74) is 3.73. The van der Waals surface area contributed by atoms with E-state index in [-0.39, 0.29) is 12.0 Å². The molecule has 0 aromatic heterocycles. The number of alkyl halides is 2. The third-order valence-electron chi connectivity index (χ3n) is 4.46. The summed E-state index contributed by atoms with van der Waals surface area (Å²) in [4.78, 5) is 23.1. The van der Waals surface area contributed by atoms with Crippen molar-refractivity contribution < 1.29 is 29.6 Å². The lowest BCUT2D eigenvalue weighted by molar-refractivity contribution is -0.173. The van der Waals surface area contributed by atoms with Crippen molar-refractivity contribution in [2.24, 2.45) is 11.7 Å². The number of fused-ring (bicyclic) bond motifs is 1. The fourth-order valence-corrected chi connectivity index (χ4v) is 3.38. The summed E-state index contributed by atoms with van der Waals surface area (Å²) in [5, 5.41) is 32.9. The molecular formula is C14H20Cl2N2O6. The molecule has 1 amide bonds. The Kier molecular flexibility index (Phi) is 5.37. The minimum atomic E-state index is -1.60. The zero-order valence-corrected chi connectivity index (χ0v) is 14.6. The number of aliphatic hydroxyl groups excluding tert-OH is 3. The number of nitrogens with two attached hydrogens (primary N) is 1. The van der Waals surface area contributed by atoms with E-state index in [4.69, 9.17) is 33.7 Å². The Morgan fingerprint density at radius 1 is 1.46 bits per heavy atom. The summed E-state index contributed by atoms with van der Waals surface area (Å²) >= 11 is 11.9. The van der Waals surface area contributed by atoms with E-state index < -0.39 is 58.3 Å². The molecule has 1 unspecified atom stereocenters. The van der Waals surface area contributed by atoms with Gasteiger partial charge in [-0.05, 0) is 13.8 Å². The van der Waals surface area contributed by atoms with E-state index in [1.54, 1.807) is 0 Å². The van der Waals surface area contributed by atoms with Crippen molar-refractivity contribution in [1.82, 2.24) is 5.32 Å². The molecule has 2 aliphatic rings. The van der Waals surface area contributed by atoms with E-state index in [0.29, 0.717) is 0 Å². The fourth-order valence-electron chi connectivity index (χ4n) is 3.02.